The van der Waals surface area contributed by atoms with Crippen LogP contribution in [-0.2, 0) is 0 Å². The average molecular weight is 329 g/mol. The lowest BCUT2D eigenvalue weighted by molar-refractivity contribution is 0.190. The topological polar surface area (TPSA) is 67.1 Å². The van der Waals surface area contributed by atoms with E-state index in [-0.39, 0.29) is 0 Å². The molecule has 1 fully saturated rings. The van der Waals surface area contributed by atoms with Crippen LogP contribution in [0.4, 0.5) is 5.82 Å². The van der Waals surface area contributed by atoms with Crippen LogP contribution in [0, 0.1) is 12.8 Å². The molecule has 1 N–H and O–H groups in total. The highest BCUT2D eigenvalue weighted by atomic mass is 16.5. The number of rotatable bonds is 7. The molecule has 1 aliphatic rings. The van der Waals surface area contributed by atoms with Crippen molar-refractivity contribution >= 4 is 5.82 Å². The van der Waals surface area contributed by atoms with Gasteiger partial charge in [-0.2, -0.15) is 4.98 Å². The lowest BCUT2D eigenvalue weighted by Gasteiger charge is -2.30. The lowest BCUT2D eigenvalue weighted by atomic mass is 9.99. The number of likely N-dealkylation sites (tertiary alicyclic amines) is 1. The Labute approximate surface area is 143 Å². The van der Waals surface area contributed by atoms with Crippen LogP contribution in [0.1, 0.15) is 38.4 Å². The molecule has 1 aliphatic heterocycles. The van der Waals surface area contributed by atoms with E-state index in [0.717, 1.165) is 30.3 Å². The molecular weight excluding hydrogens is 302 g/mol. The molecule has 0 unspecified atom stereocenters. The van der Waals surface area contributed by atoms with Crippen LogP contribution in [0.2, 0.25) is 0 Å². The Hall–Kier alpha value is -1.95. The Balaban J connectivity index is 1.44. The molecule has 24 heavy (non-hydrogen) atoms. The van der Waals surface area contributed by atoms with Gasteiger partial charge < -0.3 is 14.7 Å². The van der Waals surface area contributed by atoms with Crippen LogP contribution < -0.4 is 5.32 Å². The molecule has 0 atom stereocenters. The first kappa shape index (κ1) is 16.9. The summed E-state index contributed by atoms with van der Waals surface area (Å²) < 4.78 is 5.26. The fourth-order valence-electron chi connectivity index (χ4n) is 3.08. The van der Waals surface area contributed by atoms with Crippen LogP contribution in [0.15, 0.2) is 22.9 Å². The number of anilines is 1. The van der Waals surface area contributed by atoms with Crippen LogP contribution in [0.5, 0.6) is 0 Å². The van der Waals surface area contributed by atoms with Gasteiger partial charge >= 0.3 is 0 Å². The number of piperidine rings is 1. The Kier molecular flexibility index (Phi) is 5.80. The molecule has 3 heterocycles. The quantitative estimate of drug-likeness (QED) is 0.786. The fourth-order valence-corrected chi connectivity index (χ4v) is 3.08. The molecule has 6 heteroatoms. The molecule has 0 spiro atoms. The Morgan fingerprint density at radius 2 is 2.12 bits per heavy atom. The molecule has 1 saturated heterocycles. The summed E-state index contributed by atoms with van der Waals surface area (Å²) in [5, 5.41) is 7.26. The van der Waals surface area contributed by atoms with E-state index in [1.807, 2.05) is 19.1 Å². The van der Waals surface area contributed by atoms with Crippen molar-refractivity contribution in [2.75, 3.05) is 31.5 Å². The van der Waals surface area contributed by atoms with E-state index in [2.05, 4.69) is 32.3 Å². The lowest BCUT2D eigenvalue weighted by Crippen LogP contribution is -2.33. The summed E-state index contributed by atoms with van der Waals surface area (Å²) in [6.07, 6.45) is 6.82. The standard InChI is InChI=1S/C18H27N5O/c1-14-7-12-23(13-8-14)11-4-3-9-19-17-16(6-5-10-20-17)18-21-15(2)22-24-18/h5-6,10,14H,3-4,7-9,11-13H2,1-2H3,(H,19,20). The van der Waals surface area contributed by atoms with E-state index < -0.39 is 0 Å². The van der Waals surface area contributed by atoms with Gasteiger partial charge in [-0.05, 0) is 70.3 Å². The number of hydrogen-bond donors (Lipinski definition) is 1. The predicted molar refractivity (Wildman–Crippen MR) is 94.8 cm³/mol. The van der Waals surface area contributed by atoms with Gasteiger partial charge in [0.15, 0.2) is 5.82 Å². The van der Waals surface area contributed by atoms with E-state index >= 15 is 0 Å². The molecule has 2 aromatic rings. The van der Waals surface area contributed by atoms with E-state index in [1.165, 1.54) is 38.9 Å². The van der Waals surface area contributed by atoms with E-state index in [0.29, 0.717) is 11.7 Å². The third-order valence-corrected chi connectivity index (χ3v) is 4.64. The molecule has 130 valence electrons. The number of nitrogens with one attached hydrogen (secondary N) is 1. The molecule has 0 amide bonds. The van der Waals surface area contributed by atoms with Crippen molar-refractivity contribution in [2.24, 2.45) is 5.92 Å². The molecular formula is C18H27N5O. The largest absolute Gasteiger partial charge is 0.369 e. The number of pyridine rings is 1. The molecule has 2 aromatic heterocycles. The zero-order chi connectivity index (χ0) is 16.8. The second-order valence-electron chi connectivity index (χ2n) is 6.70. The van der Waals surface area contributed by atoms with Crippen LogP contribution in [-0.4, -0.2) is 46.2 Å². The number of unbranched alkanes of at least 4 members (excludes halogenated alkanes) is 1. The van der Waals surface area contributed by atoms with Gasteiger partial charge in [-0.1, -0.05) is 12.1 Å². The summed E-state index contributed by atoms with van der Waals surface area (Å²) in [5.74, 6) is 2.87. The van der Waals surface area contributed by atoms with E-state index in [4.69, 9.17) is 4.52 Å². The van der Waals surface area contributed by atoms with Gasteiger partial charge in [-0.25, -0.2) is 4.98 Å². The van der Waals surface area contributed by atoms with Crippen molar-refractivity contribution in [3.8, 4) is 11.5 Å². The van der Waals surface area contributed by atoms with E-state index in [1.54, 1.807) is 6.20 Å². The molecule has 6 nitrogen and oxygen atoms in total. The first-order valence-electron chi connectivity index (χ1n) is 8.94. The molecule has 3 rings (SSSR count). The molecule has 0 bridgehead atoms. The number of aromatic nitrogens is 3. The van der Waals surface area contributed by atoms with Crippen molar-refractivity contribution in [1.29, 1.82) is 0 Å². The molecule has 0 saturated carbocycles. The number of aryl methyl sites for hydroxylation is 1. The second-order valence-corrected chi connectivity index (χ2v) is 6.70. The number of hydrogen-bond acceptors (Lipinski definition) is 6. The first-order valence-corrected chi connectivity index (χ1v) is 8.94. The average Bonchev–Trinajstić information content (AvgIpc) is 3.03. The molecule has 0 aliphatic carbocycles. The van der Waals surface area contributed by atoms with Crippen molar-refractivity contribution in [2.45, 2.75) is 39.5 Å². The summed E-state index contributed by atoms with van der Waals surface area (Å²) in [4.78, 5) is 11.3. The Bertz CT molecular complexity index is 634. The van der Waals surface area contributed by atoms with Crippen molar-refractivity contribution in [3.63, 3.8) is 0 Å². The molecule has 0 radical (unpaired) electrons. The first-order chi connectivity index (χ1) is 11.7. The zero-order valence-corrected chi connectivity index (χ0v) is 14.7. The van der Waals surface area contributed by atoms with Crippen LogP contribution >= 0.6 is 0 Å². The highest BCUT2D eigenvalue weighted by Crippen LogP contribution is 2.24. The maximum Gasteiger partial charge on any atom is 0.261 e. The van der Waals surface area contributed by atoms with Crippen molar-refractivity contribution < 1.29 is 4.52 Å². The Morgan fingerprint density at radius 1 is 1.29 bits per heavy atom. The second kappa shape index (κ2) is 8.24. The Morgan fingerprint density at radius 3 is 2.88 bits per heavy atom. The van der Waals surface area contributed by atoms with Gasteiger partial charge in [-0.15, -0.1) is 0 Å². The van der Waals surface area contributed by atoms with Gasteiger partial charge in [0.1, 0.15) is 5.82 Å². The van der Waals surface area contributed by atoms with E-state index in [9.17, 15) is 0 Å². The minimum atomic E-state index is 0.519. The number of nitrogens with zero attached hydrogens (tertiary/aromatic N) is 4. The molecule has 0 aromatic carbocycles. The maximum absolute atomic E-state index is 5.26. The van der Waals surface area contributed by atoms with Gasteiger partial charge in [0.05, 0.1) is 5.56 Å². The van der Waals surface area contributed by atoms with Crippen LogP contribution in [0.25, 0.3) is 11.5 Å². The minimum Gasteiger partial charge on any atom is -0.369 e. The van der Waals surface area contributed by atoms with Gasteiger partial charge in [0.2, 0.25) is 0 Å². The zero-order valence-electron chi connectivity index (χ0n) is 14.7. The summed E-state index contributed by atoms with van der Waals surface area (Å²) in [6.45, 7) is 8.80. The summed E-state index contributed by atoms with van der Waals surface area (Å²) in [7, 11) is 0. The van der Waals surface area contributed by atoms with Crippen LogP contribution in [0.3, 0.4) is 0 Å². The smallest absolute Gasteiger partial charge is 0.261 e. The SMILES string of the molecule is Cc1noc(-c2cccnc2NCCCCN2CCC(C)CC2)n1. The monoisotopic (exact) mass is 329 g/mol. The van der Waals surface area contributed by atoms with Gasteiger partial charge in [-0.3, -0.25) is 0 Å². The summed E-state index contributed by atoms with van der Waals surface area (Å²) in [5.41, 5.74) is 0.864. The normalized spacial score (nSPS) is 16.4. The summed E-state index contributed by atoms with van der Waals surface area (Å²) in [6, 6.07) is 3.84. The van der Waals surface area contributed by atoms with Gasteiger partial charge in [0, 0.05) is 12.7 Å². The van der Waals surface area contributed by atoms with Crippen molar-refractivity contribution in [1.82, 2.24) is 20.0 Å². The highest BCUT2D eigenvalue weighted by Gasteiger charge is 2.15. The highest BCUT2D eigenvalue weighted by molar-refractivity contribution is 5.68. The third kappa shape index (κ3) is 4.54. The maximum atomic E-state index is 5.26. The summed E-state index contributed by atoms with van der Waals surface area (Å²) >= 11 is 0. The van der Waals surface area contributed by atoms with Gasteiger partial charge in [0.25, 0.3) is 5.89 Å². The predicted octanol–water partition coefficient (Wildman–Crippen LogP) is 3.36. The minimum absolute atomic E-state index is 0.519. The third-order valence-electron chi connectivity index (χ3n) is 4.64. The van der Waals surface area contributed by atoms with Crippen molar-refractivity contribution in [3.05, 3.63) is 24.2 Å². The fraction of sp³-hybridized carbons (Fsp3) is 0.611.